The molecule has 0 aromatic heterocycles. The van der Waals surface area contributed by atoms with Crippen LogP contribution in [0, 0.1) is 23.6 Å². The minimum Gasteiger partial charge on any atom is -0.381 e. The van der Waals surface area contributed by atoms with Crippen LogP contribution < -0.4 is 5.32 Å². The van der Waals surface area contributed by atoms with Gasteiger partial charge < -0.3 is 10.1 Å². The lowest BCUT2D eigenvalue weighted by Crippen LogP contribution is -2.40. The largest absolute Gasteiger partial charge is 0.381 e. The Morgan fingerprint density at radius 2 is 1.65 bits per heavy atom. The van der Waals surface area contributed by atoms with Crippen molar-refractivity contribution < 1.29 is 18.7 Å². The molecule has 2 atom stereocenters. The number of likely N-dealkylation sites (tertiary alicyclic amines) is 1. The van der Waals surface area contributed by atoms with Crippen LogP contribution in [0.15, 0.2) is 54.6 Å². The van der Waals surface area contributed by atoms with Crippen LogP contribution in [-0.4, -0.2) is 49.4 Å². The minimum absolute atomic E-state index is 0.0671. The minimum atomic E-state index is -0.441. The van der Waals surface area contributed by atoms with Crippen LogP contribution in [0.2, 0.25) is 0 Å². The topological polar surface area (TPSA) is 58.6 Å². The number of rotatable bonds is 7. The maximum Gasteiger partial charge on any atom is 0.225 e. The molecular weight excluding hydrogens is 395 g/mol. The molecule has 2 aromatic rings. The number of hydrogen-bond donors (Lipinski definition) is 1. The average Bonchev–Trinajstić information content (AvgIpc) is 3.22. The Labute approximate surface area is 182 Å². The third-order valence-electron chi connectivity index (χ3n) is 6.35. The predicted molar refractivity (Wildman–Crippen MR) is 116 cm³/mol. The molecule has 4 rings (SSSR count). The van der Waals surface area contributed by atoms with Gasteiger partial charge in [0.05, 0.1) is 5.92 Å². The summed E-state index contributed by atoms with van der Waals surface area (Å²) in [5, 5.41) is 3.09. The summed E-state index contributed by atoms with van der Waals surface area (Å²) < 4.78 is 18.7. The fourth-order valence-corrected chi connectivity index (χ4v) is 4.54. The van der Waals surface area contributed by atoms with Crippen molar-refractivity contribution >= 4 is 11.7 Å². The first-order chi connectivity index (χ1) is 15.1. The first-order valence-corrected chi connectivity index (χ1v) is 11.0. The maximum absolute atomic E-state index is 13.3. The van der Waals surface area contributed by atoms with Crippen molar-refractivity contribution in [1.29, 1.82) is 0 Å². The Hall–Kier alpha value is -2.57. The zero-order valence-electron chi connectivity index (χ0n) is 17.6. The number of carbonyl (C=O) groups is 2. The highest BCUT2D eigenvalue weighted by atomic mass is 19.1. The maximum atomic E-state index is 13.3. The van der Waals surface area contributed by atoms with Gasteiger partial charge in [0.2, 0.25) is 5.91 Å². The first kappa shape index (κ1) is 21.7. The Kier molecular flexibility index (Phi) is 7.10. The molecule has 0 saturated carbocycles. The van der Waals surface area contributed by atoms with Crippen LogP contribution in [0.3, 0.4) is 0 Å². The molecule has 2 fully saturated rings. The van der Waals surface area contributed by atoms with Gasteiger partial charge in [0.1, 0.15) is 5.82 Å². The van der Waals surface area contributed by atoms with Crippen LogP contribution in [0.5, 0.6) is 0 Å². The van der Waals surface area contributed by atoms with Crippen molar-refractivity contribution in [2.45, 2.75) is 19.4 Å². The quantitative estimate of drug-likeness (QED) is 0.693. The average molecular weight is 425 g/mol. The Morgan fingerprint density at radius 3 is 2.35 bits per heavy atom. The summed E-state index contributed by atoms with van der Waals surface area (Å²) in [6.07, 6.45) is 1.89. The molecule has 2 heterocycles. The van der Waals surface area contributed by atoms with Crippen LogP contribution in [0.25, 0.3) is 0 Å². The normalized spacial score (nSPS) is 22.4. The number of ether oxygens (including phenoxy) is 1. The number of ketones is 1. The highest BCUT2D eigenvalue weighted by Gasteiger charge is 2.42. The highest BCUT2D eigenvalue weighted by Crippen LogP contribution is 2.29. The highest BCUT2D eigenvalue weighted by molar-refractivity contribution is 6.01. The molecule has 1 amide bonds. The van der Waals surface area contributed by atoms with Crippen LogP contribution in [0.1, 0.15) is 28.8 Å². The van der Waals surface area contributed by atoms with Crippen molar-refractivity contribution in [1.82, 2.24) is 10.2 Å². The van der Waals surface area contributed by atoms with Gasteiger partial charge in [-0.25, -0.2) is 4.39 Å². The summed E-state index contributed by atoms with van der Waals surface area (Å²) in [5.74, 6) is -0.973. The smallest absolute Gasteiger partial charge is 0.225 e. The fraction of sp³-hybridized carbons (Fsp3) is 0.440. The lowest BCUT2D eigenvalue weighted by Gasteiger charge is -2.24. The fourth-order valence-electron chi connectivity index (χ4n) is 4.54. The summed E-state index contributed by atoms with van der Waals surface area (Å²) in [7, 11) is 0. The molecule has 2 aromatic carbocycles. The monoisotopic (exact) mass is 424 g/mol. The zero-order valence-corrected chi connectivity index (χ0v) is 17.6. The second-order valence-electron chi connectivity index (χ2n) is 8.56. The molecule has 0 bridgehead atoms. The molecule has 164 valence electrons. The standard InChI is InChI=1S/C25H29FN2O3/c26-21-8-6-20(7-9-21)24(29)22-16-28(15-19-4-2-1-3-5-19)17-23(22)25(30)27-14-18-10-12-31-13-11-18/h1-9,18,22-23H,10-17H2,(H,27,30)/t22-,23-/m1/s1. The molecule has 2 aliphatic heterocycles. The van der Waals surface area contributed by atoms with E-state index in [2.05, 4.69) is 22.3 Å². The van der Waals surface area contributed by atoms with Crippen molar-refractivity contribution in [2.24, 2.45) is 17.8 Å². The number of nitrogens with one attached hydrogen (secondary N) is 1. The summed E-state index contributed by atoms with van der Waals surface area (Å²) in [5.41, 5.74) is 1.61. The zero-order chi connectivity index (χ0) is 21.6. The molecule has 2 saturated heterocycles. The lowest BCUT2D eigenvalue weighted by atomic mass is 9.87. The van der Waals surface area contributed by atoms with Gasteiger partial charge in [-0.1, -0.05) is 30.3 Å². The molecule has 0 unspecified atom stereocenters. The number of halogens is 1. The van der Waals surface area contributed by atoms with Crippen LogP contribution >= 0.6 is 0 Å². The first-order valence-electron chi connectivity index (χ1n) is 11.0. The lowest BCUT2D eigenvalue weighted by molar-refractivity contribution is -0.125. The van der Waals surface area contributed by atoms with E-state index in [-0.39, 0.29) is 17.5 Å². The molecule has 6 heteroatoms. The molecule has 2 aliphatic rings. The van der Waals surface area contributed by atoms with E-state index in [9.17, 15) is 14.0 Å². The summed E-state index contributed by atoms with van der Waals surface area (Å²) >= 11 is 0. The number of benzene rings is 2. The second-order valence-corrected chi connectivity index (χ2v) is 8.56. The summed E-state index contributed by atoms with van der Waals surface area (Å²) in [6, 6.07) is 15.7. The van der Waals surface area contributed by atoms with Gasteiger partial charge in [-0.2, -0.15) is 0 Å². The molecule has 1 N–H and O–H groups in total. The van der Waals surface area contributed by atoms with Gasteiger partial charge in [-0.3, -0.25) is 14.5 Å². The van der Waals surface area contributed by atoms with E-state index in [1.165, 1.54) is 24.3 Å². The van der Waals surface area contributed by atoms with Gasteiger partial charge in [0.25, 0.3) is 0 Å². The summed E-state index contributed by atoms with van der Waals surface area (Å²) in [6.45, 7) is 3.83. The molecule has 0 radical (unpaired) electrons. The summed E-state index contributed by atoms with van der Waals surface area (Å²) in [4.78, 5) is 28.5. The molecule has 0 spiro atoms. The van der Waals surface area contributed by atoms with E-state index < -0.39 is 11.8 Å². The van der Waals surface area contributed by atoms with E-state index in [0.29, 0.717) is 37.7 Å². The molecular formula is C25H29FN2O3. The van der Waals surface area contributed by atoms with E-state index in [0.717, 1.165) is 31.6 Å². The van der Waals surface area contributed by atoms with Crippen molar-refractivity contribution in [3.05, 3.63) is 71.5 Å². The van der Waals surface area contributed by atoms with Gasteiger partial charge in [0.15, 0.2) is 5.78 Å². The third kappa shape index (κ3) is 5.57. The Bertz CT molecular complexity index is 881. The van der Waals surface area contributed by atoms with Crippen molar-refractivity contribution in [3.8, 4) is 0 Å². The number of amides is 1. The predicted octanol–water partition coefficient (Wildman–Crippen LogP) is 3.30. The number of nitrogens with zero attached hydrogens (tertiary/aromatic N) is 1. The van der Waals surface area contributed by atoms with Crippen molar-refractivity contribution in [3.63, 3.8) is 0 Å². The second kappa shape index (κ2) is 10.2. The van der Waals surface area contributed by atoms with Gasteiger partial charge in [-0.05, 0) is 48.6 Å². The number of hydrogen-bond acceptors (Lipinski definition) is 4. The van der Waals surface area contributed by atoms with E-state index in [1.54, 1.807) is 0 Å². The SMILES string of the molecule is O=C(NCC1CCOCC1)[C@@H]1CN(Cc2ccccc2)C[C@H]1C(=O)c1ccc(F)cc1. The molecule has 0 aliphatic carbocycles. The van der Waals surface area contributed by atoms with Gasteiger partial charge in [0, 0.05) is 50.9 Å². The third-order valence-corrected chi connectivity index (χ3v) is 6.35. The Morgan fingerprint density at radius 1 is 0.968 bits per heavy atom. The van der Waals surface area contributed by atoms with Crippen LogP contribution in [-0.2, 0) is 16.1 Å². The van der Waals surface area contributed by atoms with E-state index in [1.807, 2.05) is 18.2 Å². The molecule has 5 nitrogen and oxygen atoms in total. The van der Waals surface area contributed by atoms with Crippen LogP contribution in [0.4, 0.5) is 4.39 Å². The van der Waals surface area contributed by atoms with Gasteiger partial charge in [-0.15, -0.1) is 0 Å². The van der Waals surface area contributed by atoms with E-state index in [4.69, 9.17) is 4.74 Å². The molecule has 31 heavy (non-hydrogen) atoms. The van der Waals surface area contributed by atoms with Gasteiger partial charge >= 0.3 is 0 Å². The van der Waals surface area contributed by atoms with Crippen molar-refractivity contribution in [2.75, 3.05) is 32.8 Å². The van der Waals surface area contributed by atoms with E-state index >= 15 is 0 Å². The number of Topliss-reactive ketones (excluding diaryl/α,β-unsaturated/α-hetero) is 1. The number of carbonyl (C=O) groups excluding carboxylic acids is 2. The Balaban J connectivity index is 1.46.